The standard InChI is InChI=1S/C23H30N2O3/c1-4-28-20-8-5-18(6-9-20)16-24-11-13-25(14-12-24)23(27)21-15-19(17(2)3)7-10-22(21)26/h5-10,15,17,26H,4,11-14,16H2,1-3H3. The van der Waals surface area contributed by atoms with E-state index in [1.807, 2.05) is 36.1 Å². The van der Waals surface area contributed by atoms with Crippen molar-refractivity contribution in [2.24, 2.45) is 0 Å². The van der Waals surface area contributed by atoms with Crippen molar-refractivity contribution in [2.45, 2.75) is 33.2 Å². The summed E-state index contributed by atoms with van der Waals surface area (Å²) >= 11 is 0. The first-order valence-electron chi connectivity index (χ1n) is 10.0. The Labute approximate surface area is 167 Å². The maximum absolute atomic E-state index is 12.9. The highest BCUT2D eigenvalue weighted by molar-refractivity contribution is 5.97. The number of carbonyl (C=O) groups excluding carboxylic acids is 1. The van der Waals surface area contributed by atoms with Crippen molar-refractivity contribution >= 4 is 5.91 Å². The van der Waals surface area contributed by atoms with E-state index in [-0.39, 0.29) is 11.7 Å². The van der Waals surface area contributed by atoms with Gasteiger partial charge in [-0.25, -0.2) is 0 Å². The van der Waals surface area contributed by atoms with E-state index in [1.165, 1.54) is 5.56 Å². The second kappa shape index (κ2) is 9.11. The number of aromatic hydroxyl groups is 1. The van der Waals surface area contributed by atoms with E-state index in [1.54, 1.807) is 6.07 Å². The summed E-state index contributed by atoms with van der Waals surface area (Å²) < 4.78 is 5.49. The number of carbonyl (C=O) groups is 1. The number of piperazine rings is 1. The molecule has 0 bridgehead atoms. The number of phenolic OH excluding ortho intramolecular Hbond substituents is 1. The molecule has 5 nitrogen and oxygen atoms in total. The van der Waals surface area contributed by atoms with Crippen molar-refractivity contribution < 1.29 is 14.6 Å². The normalized spacial score (nSPS) is 15.1. The zero-order valence-electron chi connectivity index (χ0n) is 17.0. The Kier molecular flexibility index (Phi) is 6.57. The molecule has 0 aliphatic carbocycles. The van der Waals surface area contributed by atoms with Gasteiger partial charge in [0.1, 0.15) is 11.5 Å². The third-order valence-corrected chi connectivity index (χ3v) is 5.22. The molecule has 0 aromatic heterocycles. The number of benzene rings is 2. The predicted molar refractivity (Wildman–Crippen MR) is 111 cm³/mol. The van der Waals surface area contributed by atoms with Gasteiger partial charge in [0.25, 0.3) is 5.91 Å². The molecule has 3 rings (SSSR count). The van der Waals surface area contributed by atoms with Gasteiger partial charge in [0, 0.05) is 32.7 Å². The lowest BCUT2D eigenvalue weighted by molar-refractivity contribution is 0.0625. The molecule has 1 heterocycles. The van der Waals surface area contributed by atoms with Crippen LogP contribution in [0.4, 0.5) is 0 Å². The summed E-state index contributed by atoms with van der Waals surface area (Å²) in [6.45, 7) is 10.7. The molecule has 0 saturated carbocycles. The van der Waals surface area contributed by atoms with Crippen molar-refractivity contribution in [2.75, 3.05) is 32.8 Å². The SMILES string of the molecule is CCOc1ccc(CN2CCN(C(=O)c3cc(C(C)C)ccc3O)CC2)cc1. The molecular formula is C23H30N2O3. The molecule has 1 amide bonds. The van der Waals surface area contributed by atoms with Gasteiger partial charge in [0.05, 0.1) is 12.2 Å². The van der Waals surface area contributed by atoms with Crippen LogP contribution >= 0.6 is 0 Å². The van der Waals surface area contributed by atoms with Gasteiger partial charge < -0.3 is 14.7 Å². The molecule has 2 aromatic carbocycles. The van der Waals surface area contributed by atoms with E-state index in [0.717, 1.165) is 30.9 Å². The molecule has 1 aliphatic heterocycles. The summed E-state index contributed by atoms with van der Waals surface area (Å²) in [5.41, 5.74) is 2.71. The van der Waals surface area contributed by atoms with Crippen molar-refractivity contribution in [3.05, 3.63) is 59.2 Å². The molecule has 1 N–H and O–H groups in total. The van der Waals surface area contributed by atoms with Gasteiger partial charge in [-0.15, -0.1) is 0 Å². The van der Waals surface area contributed by atoms with Crippen LogP contribution in [-0.2, 0) is 6.54 Å². The lowest BCUT2D eigenvalue weighted by Gasteiger charge is -2.35. The Morgan fingerprint density at radius 2 is 1.75 bits per heavy atom. The number of nitrogens with zero attached hydrogens (tertiary/aromatic N) is 2. The number of amides is 1. The summed E-state index contributed by atoms with van der Waals surface area (Å²) in [4.78, 5) is 17.1. The second-order valence-corrected chi connectivity index (χ2v) is 7.58. The Morgan fingerprint density at radius 1 is 1.07 bits per heavy atom. The second-order valence-electron chi connectivity index (χ2n) is 7.58. The molecule has 2 aromatic rings. The van der Waals surface area contributed by atoms with Crippen LogP contribution in [0, 0.1) is 0 Å². The summed E-state index contributed by atoms with van der Waals surface area (Å²) in [7, 11) is 0. The number of phenols is 1. The van der Waals surface area contributed by atoms with Gasteiger partial charge >= 0.3 is 0 Å². The molecular weight excluding hydrogens is 352 g/mol. The van der Waals surface area contributed by atoms with Crippen LogP contribution in [0.5, 0.6) is 11.5 Å². The first-order valence-corrected chi connectivity index (χ1v) is 10.0. The van der Waals surface area contributed by atoms with Gasteiger partial charge in [0.15, 0.2) is 0 Å². The van der Waals surface area contributed by atoms with Gasteiger partial charge in [-0.3, -0.25) is 9.69 Å². The van der Waals surface area contributed by atoms with Crippen molar-refractivity contribution in [1.29, 1.82) is 0 Å². The minimum Gasteiger partial charge on any atom is -0.507 e. The Bertz CT molecular complexity index is 794. The highest BCUT2D eigenvalue weighted by Gasteiger charge is 2.24. The van der Waals surface area contributed by atoms with Crippen LogP contribution in [0.15, 0.2) is 42.5 Å². The molecule has 0 atom stereocenters. The molecule has 5 heteroatoms. The summed E-state index contributed by atoms with van der Waals surface area (Å²) in [5.74, 6) is 1.19. The molecule has 150 valence electrons. The summed E-state index contributed by atoms with van der Waals surface area (Å²) in [5, 5.41) is 10.2. The zero-order valence-corrected chi connectivity index (χ0v) is 17.0. The van der Waals surface area contributed by atoms with Crippen LogP contribution < -0.4 is 4.74 Å². The average Bonchev–Trinajstić information content (AvgIpc) is 2.70. The van der Waals surface area contributed by atoms with E-state index < -0.39 is 0 Å². The molecule has 28 heavy (non-hydrogen) atoms. The topological polar surface area (TPSA) is 53.0 Å². The molecule has 0 radical (unpaired) electrons. The zero-order chi connectivity index (χ0) is 20.1. The molecule has 1 fully saturated rings. The number of rotatable bonds is 6. The highest BCUT2D eigenvalue weighted by Crippen LogP contribution is 2.25. The first kappa shape index (κ1) is 20.2. The lowest BCUT2D eigenvalue weighted by atomic mass is 9.99. The van der Waals surface area contributed by atoms with Crippen LogP contribution in [0.25, 0.3) is 0 Å². The smallest absolute Gasteiger partial charge is 0.257 e. The van der Waals surface area contributed by atoms with Crippen molar-refractivity contribution in [1.82, 2.24) is 9.80 Å². The van der Waals surface area contributed by atoms with E-state index in [2.05, 4.69) is 30.9 Å². The van der Waals surface area contributed by atoms with Gasteiger partial charge in [-0.1, -0.05) is 32.0 Å². The van der Waals surface area contributed by atoms with Gasteiger partial charge in [-0.05, 0) is 48.2 Å². The quantitative estimate of drug-likeness (QED) is 0.824. The monoisotopic (exact) mass is 382 g/mol. The maximum Gasteiger partial charge on any atom is 0.257 e. The number of ether oxygens (including phenoxy) is 1. The van der Waals surface area contributed by atoms with Crippen LogP contribution in [0.2, 0.25) is 0 Å². The Balaban J connectivity index is 1.57. The first-order chi connectivity index (χ1) is 13.5. The van der Waals surface area contributed by atoms with E-state index in [9.17, 15) is 9.90 Å². The molecule has 0 unspecified atom stereocenters. The minimum absolute atomic E-state index is 0.0613. The van der Waals surface area contributed by atoms with Crippen LogP contribution in [0.1, 0.15) is 48.2 Å². The number of hydrogen-bond donors (Lipinski definition) is 1. The fourth-order valence-corrected chi connectivity index (χ4v) is 3.48. The Morgan fingerprint density at radius 3 is 2.36 bits per heavy atom. The predicted octanol–water partition coefficient (Wildman–Crippen LogP) is 3.87. The average molecular weight is 383 g/mol. The Hall–Kier alpha value is -2.53. The van der Waals surface area contributed by atoms with Crippen LogP contribution in [-0.4, -0.2) is 53.6 Å². The van der Waals surface area contributed by atoms with Crippen molar-refractivity contribution in [3.63, 3.8) is 0 Å². The van der Waals surface area contributed by atoms with E-state index in [4.69, 9.17) is 4.74 Å². The van der Waals surface area contributed by atoms with Crippen LogP contribution in [0.3, 0.4) is 0 Å². The largest absolute Gasteiger partial charge is 0.507 e. The molecule has 0 spiro atoms. The lowest BCUT2D eigenvalue weighted by Crippen LogP contribution is -2.48. The summed E-state index contributed by atoms with van der Waals surface area (Å²) in [6.07, 6.45) is 0. The van der Waals surface area contributed by atoms with Gasteiger partial charge in [0.2, 0.25) is 0 Å². The maximum atomic E-state index is 12.9. The summed E-state index contributed by atoms with van der Waals surface area (Å²) in [6, 6.07) is 13.5. The van der Waals surface area contributed by atoms with Gasteiger partial charge in [-0.2, -0.15) is 0 Å². The molecule has 1 aliphatic rings. The van der Waals surface area contributed by atoms with Crippen molar-refractivity contribution in [3.8, 4) is 11.5 Å². The third kappa shape index (κ3) is 4.84. The van der Waals surface area contributed by atoms with E-state index in [0.29, 0.717) is 31.2 Å². The fourth-order valence-electron chi connectivity index (χ4n) is 3.48. The minimum atomic E-state index is -0.0827. The number of hydrogen-bond acceptors (Lipinski definition) is 4. The fraction of sp³-hybridized carbons (Fsp3) is 0.435. The molecule has 1 saturated heterocycles. The highest BCUT2D eigenvalue weighted by atomic mass is 16.5. The third-order valence-electron chi connectivity index (χ3n) is 5.22. The van der Waals surface area contributed by atoms with E-state index >= 15 is 0 Å².